The summed E-state index contributed by atoms with van der Waals surface area (Å²) in [6.07, 6.45) is 3.52. The zero-order valence-electron chi connectivity index (χ0n) is 12.0. The largest absolute Gasteiger partial charge is 0.320 e. The Balaban J connectivity index is 2.18. The summed E-state index contributed by atoms with van der Waals surface area (Å²) in [5.41, 5.74) is 4.21. The first-order valence-electron chi connectivity index (χ1n) is 6.87. The van der Waals surface area contributed by atoms with E-state index in [1.54, 1.807) is 0 Å². The lowest BCUT2D eigenvalue weighted by Crippen LogP contribution is -2.27. The quantitative estimate of drug-likeness (QED) is 0.751. The number of carbonyl (C=O) groups excluding carboxylic acids is 1. The molecule has 0 N–H and O–H groups in total. The van der Waals surface area contributed by atoms with Crippen molar-refractivity contribution >= 4 is 17.4 Å². The topological polar surface area (TPSA) is 22.0 Å². The van der Waals surface area contributed by atoms with Crippen LogP contribution >= 0.6 is 11.6 Å². The minimum absolute atomic E-state index is 0.0205. The molecular weight excluding hydrogens is 270 g/mol. The van der Waals surface area contributed by atoms with Crippen LogP contribution in [0.2, 0.25) is 5.02 Å². The number of hydrogen-bond donors (Lipinski definition) is 0. The molecule has 0 saturated carbocycles. The Morgan fingerprint density at radius 3 is 2.70 bits per heavy atom. The fraction of sp³-hybridized carbons (Fsp3) is 0.353. The van der Waals surface area contributed by atoms with E-state index in [9.17, 15) is 4.79 Å². The summed E-state index contributed by atoms with van der Waals surface area (Å²) >= 11 is 6.12. The molecule has 0 spiro atoms. The average Bonchev–Trinajstić information content (AvgIpc) is 2.74. The van der Waals surface area contributed by atoms with E-state index in [0.717, 1.165) is 34.0 Å². The predicted octanol–water partition coefficient (Wildman–Crippen LogP) is 4.59. The minimum atomic E-state index is 0.0205. The van der Waals surface area contributed by atoms with Crippen LogP contribution in [0.3, 0.4) is 0 Å². The smallest absolute Gasteiger partial charge is 0.165 e. The van der Waals surface area contributed by atoms with Crippen LogP contribution in [-0.2, 0) is 6.42 Å². The summed E-state index contributed by atoms with van der Waals surface area (Å²) in [5, 5.41) is 0.717. The molecule has 2 aromatic rings. The zero-order valence-corrected chi connectivity index (χ0v) is 12.8. The molecule has 1 aliphatic rings. The molecule has 1 aromatic heterocycles. The second-order valence-corrected chi connectivity index (χ2v) is 6.85. The first-order chi connectivity index (χ1) is 9.37. The molecule has 0 radical (unpaired) electrons. The van der Waals surface area contributed by atoms with Crippen molar-refractivity contribution in [1.29, 1.82) is 0 Å². The summed E-state index contributed by atoms with van der Waals surface area (Å²) in [5.74, 6) is 0.245. The maximum atomic E-state index is 12.3. The molecular formula is C17H18ClNO. The SMILES string of the molecule is Cc1ccc(Cl)cc1-n1ccc2c1CC(C)(C)CC2=O. The maximum Gasteiger partial charge on any atom is 0.165 e. The Bertz CT molecular complexity index is 697. The van der Waals surface area contributed by atoms with E-state index in [4.69, 9.17) is 11.6 Å². The van der Waals surface area contributed by atoms with Crippen molar-refractivity contribution < 1.29 is 4.79 Å². The van der Waals surface area contributed by atoms with Gasteiger partial charge in [0.1, 0.15) is 0 Å². The average molecular weight is 288 g/mol. The van der Waals surface area contributed by atoms with Crippen molar-refractivity contribution in [3.63, 3.8) is 0 Å². The fourth-order valence-corrected chi connectivity index (χ4v) is 3.18. The van der Waals surface area contributed by atoms with Crippen molar-refractivity contribution in [1.82, 2.24) is 4.57 Å². The Hall–Kier alpha value is -1.54. The highest BCUT2D eigenvalue weighted by Crippen LogP contribution is 2.36. The number of benzene rings is 1. The van der Waals surface area contributed by atoms with Crippen LogP contribution in [0.15, 0.2) is 30.5 Å². The van der Waals surface area contributed by atoms with Crippen LogP contribution in [-0.4, -0.2) is 10.4 Å². The van der Waals surface area contributed by atoms with Crippen LogP contribution < -0.4 is 0 Å². The number of ketones is 1. The van der Waals surface area contributed by atoms with Gasteiger partial charge in [0.15, 0.2) is 5.78 Å². The van der Waals surface area contributed by atoms with Gasteiger partial charge in [-0.1, -0.05) is 31.5 Å². The number of halogens is 1. The third-order valence-electron chi connectivity index (χ3n) is 4.01. The third-order valence-corrected chi connectivity index (χ3v) is 4.24. The van der Waals surface area contributed by atoms with Crippen molar-refractivity contribution in [2.75, 3.05) is 0 Å². The first kappa shape index (κ1) is 13.4. The lowest BCUT2D eigenvalue weighted by molar-refractivity contribution is 0.0911. The van der Waals surface area contributed by atoms with Crippen molar-refractivity contribution in [3.8, 4) is 5.69 Å². The van der Waals surface area contributed by atoms with E-state index in [1.807, 2.05) is 30.5 Å². The van der Waals surface area contributed by atoms with Gasteiger partial charge in [-0.25, -0.2) is 0 Å². The standard InChI is InChI=1S/C17H18ClNO/c1-11-4-5-12(18)8-14(11)19-7-6-13-15(19)9-17(2,3)10-16(13)20/h4-8H,9-10H2,1-3H3. The Morgan fingerprint density at radius 1 is 1.20 bits per heavy atom. The molecule has 1 aliphatic carbocycles. The van der Waals surface area contributed by atoms with Gasteiger partial charge >= 0.3 is 0 Å². The van der Waals surface area contributed by atoms with Gasteiger partial charge in [-0.2, -0.15) is 0 Å². The molecule has 0 fully saturated rings. The zero-order chi connectivity index (χ0) is 14.5. The van der Waals surface area contributed by atoms with E-state index >= 15 is 0 Å². The molecule has 0 amide bonds. The summed E-state index contributed by atoms with van der Waals surface area (Å²) in [6, 6.07) is 7.81. The summed E-state index contributed by atoms with van der Waals surface area (Å²) in [7, 11) is 0. The van der Waals surface area contributed by atoms with E-state index in [2.05, 4.69) is 25.3 Å². The monoisotopic (exact) mass is 287 g/mol. The maximum absolute atomic E-state index is 12.3. The molecule has 0 aliphatic heterocycles. The van der Waals surface area contributed by atoms with E-state index in [1.165, 1.54) is 0 Å². The van der Waals surface area contributed by atoms with Gasteiger partial charge in [0, 0.05) is 34.6 Å². The van der Waals surface area contributed by atoms with Crippen LogP contribution in [0.1, 0.15) is 41.9 Å². The van der Waals surface area contributed by atoms with Gasteiger partial charge in [0.25, 0.3) is 0 Å². The van der Waals surface area contributed by atoms with Crippen LogP contribution in [0.5, 0.6) is 0 Å². The number of rotatable bonds is 1. The molecule has 3 heteroatoms. The Morgan fingerprint density at radius 2 is 1.95 bits per heavy atom. The normalized spacial score (nSPS) is 17.1. The summed E-state index contributed by atoms with van der Waals surface area (Å²) in [6.45, 7) is 6.36. The van der Waals surface area contributed by atoms with Crippen molar-refractivity contribution in [3.05, 3.63) is 52.3 Å². The number of aromatic nitrogens is 1. The lowest BCUT2D eigenvalue weighted by atomic mass is 9.76. The summed E-state index contributed by atoms with van der Waals surface area (Å²) < 4.78 is 2.12. The number of hydrogen-bond acceptors (Lipinski definition) is 1. The molecule has 0 saturated heterocycles. The number of fused-ring (bicyclic) bond motifs is 1. The number of nitrogens with zero attached hydrogens (tertiary/aromatic N) is 1. The number of aryl methyl sites for hydroxylation is 1. The van der Waals surface area contributed by atoms with Crippen LogP contribution in [0.4, 0.5) is 0 Å². The molecule has 1 aromatic carbocycles. The third kappa shape index (κ3) is 2.18. The first-order valence-corrected chi connectivity index (χ1v) is 7.25. The van der Waals surface area contributed by atoms with Crippen molar-refractivity contribution in [2.45, 2.75) is 33.6 Å². The number of carbonyl (C=O) groups is 1. The Labute approximate surface area is 124 Å². The lowest BCUT2D eigenvalue weighted by Gasteiger charge is -2.30. The molecule has 2 nitrogen and oxygen atoms in total. The van der Waals surface area contributed by atoms with Gasteiger partial charge in [0.2, 0.25) is 0 Å². The fourth-order valence-electron chi connectivity index (χ4n) is 3.01. The highest BCUT2D eigenvalue weighted by molar-refractivity contribution is 6.30. The van der Waals surface area contributed by atoms with Gasteiger partial charge in [0.05, 0.1) is 0 Å². The van der Waals surface area contributed by atoms with Gasteiger partial charge < -0.3 is 4.57 Å². The molecule has 0 bridgehead atoms. The van der Waals surface area contributed by atoms with Crippen LogP contribution in [0, 0.1) is 12.3 Å². The molecule has 0 unspecified atom stereocenters. The molecule has 3 rings (SSSR count). The van der Waals surface area contributed by atoms with Gasteiger partial charge in [-0.05, 0) is 42.5 Å². The molecule has 1 heterocycles. The molecule has 20 heavy (non-hydrogen) atoms. The van der Waals surface area contributed by atoms with E-state index < -0.39 is 0 Å². The highest BCUT2D eigenvalue weighted by Gasteiger charge is 2.33. The molecule has 0 atom stereocenters. The second kappa shape index (κ2) is 4.49. The van der Waals surface area contributed by atoms with E-state index in [-0.39, 0.29) is 11.2 Å². The highest BCUT2D eigenvalue weighted by atomic mass is 35.5. The van der Waals surface area contributed by atoms with E-state index in [0.29, 0.717) is 6.42 Å². The second-order valence-electron chi connectivity index (χ2n) is 6.42. The number of Topliss-reactive ketones (excluding diaryl/α,β-unsaturated/α-hetero) is 1. The van der Waals surface area contributed by atoms with Gasteiger partial charge in [-0.3, -0.25) is 4.79 Å². The van der Waals surface area contributed by atoms with Gasteiger partial charge in [-0.15, -0.1) is 0 Å². The van der Waals surface area contributed by atoms with Crippen LogP contribution in [0.25, 0.3) is 5.69 Å². The van der Waals surface area contributed by atoms with Crippen molar-refractivity contribution in [2.24, 2.45) is 5.41 Å². The Kier molecular flexibility index (Phi) is 3.02. The molecule has 104 valence electrons. The minimum Gasteiger partial charge on any atom is -0.320 e. The summed E-state index contributed by atoms with van der Waals surface area (Å²) in [4.78, 5) is 12.3. The predicted molar refractivity (Wildman–Crippen MR) is 81.9 cm³/mol.